The number of hydrogen-bond acceptors (Lipinski definition) is 5. The Morgan fingerprint density at radius 2 is 1.93 bits per heavy atom. The van der Waals surface area contributed by atoms with Crippen LogP contribution >= 0.6 is 12.1 Å². The number of ether oxygens (including phenoxy) is 1. The molecule has 1 aromatic heterocycles. The summed E-state index contributed by atoms with van der Waals surface area (Å²) in [6, 6.07) is 2.93. The summed E-state index contributed by atoms with van der Waals surface area (Å²) in [4.78, 5) is 3.37. The number of nitriles is 1. The average Bonchev–Trinajstić information content (AvgIpc) is 3.21. The number of rotatable bonds is 7. The lowest BCUT2D eigenvalue weighted by molar-refractivity contribution is 0.0768. The van der Waals surface area contributed by atoms with Gasteiger partial charge in [0.25, 0.3) is 0 Å². The second-order valence-corrected chi connectivity index (χ2v) is 8.31. The van der Waals surface area contributed by atoms with E-state index in [1.54, 1.807) is 30.4 Å². The van der Waals surface area contributed by atoms with Gasteiger partial charge in [-0.3, -0.25) is 0 Å². The molecular formula is C24H34N4OS. The van der Waals surface area contributed by atoms with Crippen molar-refractivity contribution in [1.82, 2.24) is 14.0 Å². The molecule has 0 unspecified atom stereocenters. The summed E-state index contributed by atoms with van der Waals surface area (Å²) in [6.45, 7) is 16.5. The van der Waals surface area contributed by atoms with Crippen molar-refractivity contribution < 1.29 is 4.74 Å². The van der Waals surface area contributed by atoms with E-state index in [1.165, 1.54) is 0 Å². The molecule has 0 bridgehead atoms. The van der Waals surface area contributed by atoms with Gasteiger partial charge >= 0.3 is 0 Å². The standard InChI is InChI=1S/C21H28N4OS.C3H6/c1-3-5-16(4-2)20-15-23-21(19(20)14-22)17-6-8-18(9-7-17)24-27-25-10-12-26-13-11-25;1-3-2/h3-5,15,17-18,23-24H,1-2,6-13H2;3H,1H2,2H3/b16-5+;. The number of H-pyrrole nitrogens is 1. The van der Waals surface area contributed by atoms with Crippen LogP contribution in [0.5, 0.6) is 0 Å². The highest BCUT2D eigenvalue weighted by atomic mass is 32.2. The molecule has 0 spiro atoms. The Morgan fingerprint density at radius 3 is 2.50 bits per heavy atom. The van der Waals surface area contributed by atoms with Crippen molar-refractivity contribution in [2.75, 3.05) is 26.3 Å². The minimum atomic E-state index is 0.412. The molecule has 1 aromatic rings. The van der Waals surface area contributed by atoms with Crippen molar-refractivity contribution in [2.24, 2.45) is 0 Å². The smallest absolute Gasteiger partial charge is 0.102 e. The third kappa shape index (κ3) is 6.75. The van der Waals surface area contributed by atoms with E-state index in [-0.39, 0.29) is 0 Å². The second-order valence-electron chi connectivity index (χ2n) is 7.37. The molecule has 2 aliphatic rings. The van der Waals surface area contributed by atoms with Gasteiger partial charge in [0.1, 0.15) is 6.07 Å². The van der Waals surface area contributed by atoms with Gasteiger partial charge in [0.15, 0.2) is 0 Å². The largest absolute Gasteiger partial charge is 0.379 e. The van der Waals surface area contributed by atoms with Crippen molar-refractivity contribution in [2.45, 2.75) is 44.6 Å². The molecule has 1 saturated heterocycles. The Balaban J connectivity index is 0.00000101. The fourth-order valence-corrected chi connectivity index (χ4v) is 4.66. The van der Waals surface area contributed by atoms with Gasteiger partial charge < -0.3 is 9.72 Å². The van der Waals surface area contributed by atoms with Gasteiger partial charge in [0.2, 0.25) is 0 Å². The van der Waals surface area contributed by atoms with Crippen molar-refractivity contribution >= 4 is 17.7 Å². The first-order valence-electron chi connectivity index (χ1n) is 10.6. The van der Waals surface area contributed by atoms with Crippen LogP contribution in [0, 0.1) is 11.3 Å². The summed E-state index contributed by atoms with van der Waals surface area (Å²) in [5, 5.41) is 9.72. The molecule has 1 saturated carbocycles. The third-order valence-corrected chi connectivity index (χ3v) is 6.37. The Labute approximate surface area is 185 Å². The topological polar surface area (TPSA) is 64.1 Å². The number of nitrogens with zero attached hydrogens (tertiary/aromatic N) is 2. The second kappa shape index (κ2) is 13.3. The quantitative estimate of drug-likeness (QED) is 0.350. The lowest BCUT2D eigenvalue weighted by atomic mass is 9.83. The average molecular weight is 427 g/mol. The molecule has 0 amide bonds. The number of aromatic nitrogens is 1. The SMILES string of the molecule is C=C/C=C(\C=C)c1c[nH]c(C2CCC(NSN3CCOCC3)CC2)c1C#N.C=CC. The molecule has 2 N–H and O–H groups in total. The minimum absolute atomic E-state index is 0.412. The highest BCUT2D eigenvalue weighted by Crippen LogP contribution is 2.36. The monoisotopic (exact) mass is 426 g/mol. The molecule has 30 heavy (non-hydrogen) atoms. The van der Waals surface area contributed by atoms with E-state index in [2.05, 4.69) is 39.8 Å². The van der Waals surface area contributed by atoms with Crippen molar-refractivity contribution in [3.63, 3.8) is 0 Å². The van der Waals surface area contributed by atoms with Crippen LogP contribution in [0.15, 0.2) is 50.2 Å². The first-order valence-corrected chi connectivity index (χ1v) is 11.3. The molecular weight excluding hydrogens is 392 g/mol. The fraction of sp³-hybridized carbons (Fsp3) is 0.458. The molecule has 0 aromatic carbocycles. The first-order chi connectivity index (χ1) is 14.7. The molecule has 6 heteroatoms. The first kappa shape index (κ1) is 24.2. The van der Waals surface area contributed by atoms with E-state index in [4.69, 9.17) is 4.74 Å². The van der Waals surface area contributed by atoms with E-state index in [9.17, 15) is 5.26 Å². The summed E-state index contributed by atoms with van der Waals surface area (Å²) in [6.07, 6.45) is 13.5. The van der Waals surface area contributed by atoms with E-state index in [1.807, 2.05) is 19.2 Å². The number of allylic oxidation sites excluding steroid dienone is 5. The lowest BCUT2D eigenvalue weighted by Crippen LogP contribution is -2.37. The molecule has 3 rings (SSSR count). The lowest BCUT2D eigenvalue weighted by Gasteiger charge is -2.31. The molecule has 0 atom stereocenters. The molecule has 162 valence electrons. The Morgan fingerprint density at radius 1 is 1.27 bits per heavy atom. The van der Waals surface area contributed by atoms with Crippen LogP contribution in [0.3, 0.4) is 0 Å². The van der Waals surface area contributed by atoms with Crippen molar-refractivity contribution in [3.05, 3.63) is 67.1 Å². The molecule has 2 fully saturated rings. The predicted molar refractivity (Wildman–Crippen MR) is 128 cm³/mol. The van der Waals surface area contributed by atoms with E-state index in [0.717, 1.165) is 74.4 Å². The fourth-order valence-electron chi connectivity index (χ4n) is 3.79. The summed E-state index contributed by atoms with van der Waals surface area (Å²) >= 11 is 1.74. The summed E-state index contributed by atoms with van der Waals surface area (Å²) < 4.78 is 11.3. The van der Waals surface area contributed by atoms with Gasteiger partial charge in [-0.25, -0.2) is 9.03 Å². The number of aromatic amines is 1. The van der Waals surface area contributed by atoms with Crippen LogP contribution in [0.4, 0.5) is 0 Å². The molecule has 5 nitrogen and oxygen atoms in total. The third-order valence-electron chi connectivity index (χ3n) is 5.30. The van der Waals surface area contributed by atoms with Gasteiger partial charge in [-0.05, 0) is 38.2 Å². The normalized spacial score (nSPS) is 22.3. The summed E-state index contributed by atoms with van der Waals surface area (Å²) in [7, 11) is 0. The van der Waals surface area contributed by atoms with E-state index >= 15 is 0 Å². The van der Waals surface area contributed by atoms with Crippen molar-refractivity contribution in [3.8, 4) is 6.07 Å². The zero-order valence-corrected chi connectivity index (χ0v) is 18.8. The molecule has 1 aliphatic heterocycles. The van der Waals surface area contributed by atoms with E-state index in [0.29, 0.717) is 12.0 Å². The van der Waals surface area contributed by atoms with Crippen LogP contribution in [-0.2, 0) is 4.74 Å². The number of nitrogens with one attached hydrogen (secondary N) is 2. The van der Waals surface area contributed by atoms with Crippen LogP contribution in [0.25, 0.3) is 5.57 Å². The molecule has 2 heterocycles. The van der Waals surface area contributed by atoms with Gasteiger partial charge in [0, 0.05) is 54.6 Å². The van der Waals surface area contributed by atoms with Crippen LogP contribution < -0.4 is 4.72 Å². The van der Waals surface area contributed by atoms with E-state index < -0.39 is 0 Å². The van der Waals surface area contributed by atoms with Crippen molar-refractivity contribution in [1.29, 1.82) is 5.26 Å². The number of morpholine rings is 1. The Bertz CT molecular complexity index is 763. The highest BCUT2D eigenvalue weighted by Gasteiger charge is 2.27. The predicted octanol–water partition coefficient (Wildman–Crippen LogP) is 5.35. The van der Waals surface area contributed by atoms with Gasteiger partial charge in [-0.1, -0.05) is 37.5 Å². The van der Waals surface area contributed by atoms with Gasteiger partial charge in [-0.15, -0.1) is 6.58 Å². The maximum Gasteiger partial charge on any atom is 0.102 e. The van der Waals surface area contributed by atoms with Crippen LogP contribution in [0.2, 0.25) is 0 Å². The minimum Gasteiger partial charge on any atom is -0.379 e. The molecule has 0 radical (unpaired) electrons. The Hall–Kier alpha value is -2.04. The summed E-state index contributed by atoms with van der Waals surface area (Å²) in [5.74, 6) is 0.412. The Kier molecular flexibility index (Phi) is 10.7. The zero-order valence-electron chi connectivity index (χ0n) is 18.0. The molecule has 1 aliphatic carbocycles. The van der Waals surface area contributed by atoms with Gasteiger partial charge in [-0.2, -0.15) is 5.26 Å². The van der Waals surface area contributed by atoms with Gasteiger partial charge in [0.05, 0.1) is 18.8 Å². The maximum atomic E-state index is 9.72. The zero-order chi connectivity index (χ0) is 21.8. The maximum absolute atomic E-state index is 9.72. The van der Waals surface area contributed by atoms with Crippen LogP contribution in [0.1, 0.15) is 55.3 Å². The van der Waals surface area contributed by atoms with Crippen LogP contribution in [-0.4, -0.2) is 41.6 Å². The number of hydrogen-bond donors (Lipinski definition) is 2. The highest BCUT2D eigenvalue weighted by molar-refractivity contribution is 7.95. The summed E-state index contributed by atoms with van der Waals surface area (Å²) in [5.41, 5.74) is 3.68.